The second-order valence-corrected chi connectivity index (χ2v) is 8.58. The fourth-order valence-corrected chi connectivity index (χ4v) is 3.78. The summed E-state index contributed by atoms with van der Waals surface area (Å²) in [6.45, 7) is 5.98. The zero-order valence-corrected chi connectivity index (χ0v) is 20.3. The molecule has 5 rings (SSSR count). The summed E-state index contributed by atoms with van der Waals surface area (Å²) in [5.41, 5.74) is 2.19. The molecule has 0 unspecified atom stereocenters. The van der Waals surface area contributed by atoms with Gasteiger partial charge in [-0.1, -0.05) is 23.4 Å². The summed E-state index contributed by atoms with van der Waals surface area (Å²) in [7, 11) is 1.58. The lowest BCUT2D eigenvalue weighted by atomic mass is 10.1. The summed E-state index contributed by atoms with van der Waals surface area (Å²) in [4.78, 5) is 16.7. The Hall–Kier alpha value is -4.38. The molecule has 5 aromatic rings. The normalized spacial score (nSPS) is 12.4. The van der Waals surface area contributed by atoms with Gasteiger partial charge in [-0.25, -0.2) is 0 Å². The van der Waals surface area contributed by atoms with Crippen LogP contribution in [0, 0.1) is 0 Å². The number of hydrogen-bond acceptors (Lipinski definition) is 9. The van der Waals surface area contributed by atoms with E-state index in [1.54, 1.807) is 36.0 Å². The smallest absolute Gasteiger partial charge is 0.253 e. The van der Waals surface area contributed by atoms with Gasteiger partial charge in [0.25, 0.3) is 5.91 Å². The van der Waals surface area contributed by atoms with E-state index in [4.69, 9.17) is 19.1 Å². The molecule has 0 saturated heterocycles. The standard InChI is InChI=1S/C25H25N7O4/c1-14(2)27-24(33)16-9-10-20(26-12-16)15(3)35-25-19-8-6-5-7-18(19)22-28-29-23(32(22)30-25)21-11-17(13-34-4)36-31-21/h5-12,14-15H,13H2,1-4H3,(H,27,33)/t15-/m0/s1. The number of ether oxygens (including phenoxy) is 2. The van der Waals surface area contributed by atoms with Crippen LogP contribution in [-0.4, -0.2) is 49.0 Å². The first-order chi connectivity index (χ1) is 17.4. The molecule has 1 amide bonds. The first-order valence-electron chi connectivity index (χ1n) is 11.5. The van der Waals surface area contributed by atoms with Gasteiger partial charge in [0.2, 0.25) is 11.7 Å². The molecular weight excluding hydrogens is 462 g/mol. The van der Waals surface area contributed by atoms with Crippen molar-refractivity contribution in [1.82, 2.24) is 35.3 Å². The lowest BCUT2D eigenvalue weighted by Gasteiger charge is -2.16. The molecular formula is C25H25N7O4. The summed E-state index contributed by atoms with van der Waals surface area (Å²) < 4.78 is 18.3. The lowest BCUT2D eigenvalue weighted by Crippen LogP contribution is -2.30. The second kappa shape index (κ2) is 9.70. The van der Waals surface area contributed by atoms with Crippen LogP contribution < -0.4 is 10.1 Å². The minimum absolute atomic E-state index is 0.0417. The Morgan fingerprint density at radius 1 is 1.11 bits per heavy atom. The molecule has 0 saturated carbocycles. The van der Waals surface area contributed by atoms with E-state index < -0.39 is 6.10 Å². The number of carbonyl (C=O) groups is 1. The minimum Gasteiger partial charge on any atom is -0.467 e. The average molecular weight is 488 g/mol. The third-order valence-corrected chi connectivity index (χ3v) is 5.48. The van der Waals surface area contributed by atoms with Crippen molar-refractivity contribution in [2.75, 3.05) is 7.11 Å². The number of benzene rings is 1. The molecule has 1 atom stereocenters. The van der Waals surface area contributed by atoms with Crippen molar-refractivity contribution in [1.29, 1.82) is 0 Å². The number of hydrogen-bond donors (Lipinski definition) is 1. The van der Waals surface area contributed by atoms with Crippen LogP contribution in [0.1, 0.15) is 48.7 Å². The Morgan fingerprint density at radius 3 is 2.64 bits per heavy atom. The maximum Gasteiger partial charge on any atom is 0.253 e. The first kappa shape index (κ1) is 23.4. The Kier molecular flexibility index (Phi) is 6.30. The molecule has 0 aliphatic heterocycles. The highest BCUT2D eigenvalue weighted by atomic mass is 16.5. The third kappa shape index (κ3) is 4.48. The van der Waals surface area contributed by atoms with Crippen molar-refractivity contribution >= 4 is 22.3 Å². The van der Waals surface area contributed by atoms with Gasteiger partial charge < -0.3 is 19.3 Å². The fraction of sp³-hybridized carbons (Fsp3) is 0.280. The quantitative estimate of drug-likeness (QED) is 0.348. The molecule has 1 aromatic carbocycles. The van der Waals surface area contributed by atoms with Gasteiger partial charge in [-0.2, -0.15) is 4.52 Å². The van der Waals surface area contributed by atoms with Crippen LogP contribution in [0.4, 0.5) is 0 Å². The van der Waals surface area contributed by atoms with Crippen LogP contribution >= 0.6 is 0 Å². The van der Waals surface area contributed by atoms with Gasteiger partial charge in [-0.05, 0) is 39.0 Å². The van der Waals surface area contributed by atoms with Gasteiger partial charge in [-0.3, -0.25) is 9.78 Å². The largest absolute Gasteiger partial charge is 0.467 e. The zero-order chi connectivity index (χ0) is 25.2. The van der Waals surface area contributed by atoms with Gasteiger partial charge in [0, 0.05) is 36.2 Å². The van der Waals surface area contributed by atoms with Crippen LogP contribution in [0.15, 0.2) is 53.2 Å². The van der Waals surface area contributed by atoms with E-state index in [9.17, 15) is 4.79 Å². The van der Waals surface area contributed by atoms with Gasteiger partial charge in [0.15, 0.2) is 17.1 Å². The summed E-state index contributed by atoms with van der Waals surface area (Å²) in [5.74, 6) is 1.19. The van der Waals surface area contributed by atoms with Crippen LogP contribution in [-0.2, 0) is 11.3 Å². The van der Waals surface area contributed by atoms with Crippen LogP contribution in [0.5, 0.6) is 5.88 Å². The lowest BCUT2D eigenvalue weighted by molar-refractivity contribution is 0.0942. The molecule has 184 valence electrons. The highest BCUT2D eigenvalue weighted by molar-refractivity contribution is 5.97. The summed E-state index contributed by atoms with van der Waals surface area (Å²) in [5, 5.41) is 21.9. The Bertz CT molecular complexity index is 1530. The van der Waals surface area contributed by atoms with Gasteiger partial charge >= 0.3 is 0 Å². The molecule has 0 fully saturated rings. The highest BCUT2D eigenvalue weighted by Crippen LogP contribution is 2.31. The van der Waals surface area contributed by atoms with E-state index in [0.29, 0.717) is 40.1 Å². The molecule has 0 spiro atoms. The fourth-order valence-electron chi connectivity index (χ4n) is 3.78. The molecule has 0 aliphatic rings. The van der Waals surface area contributed by atoms with Crippen LogP contribution in [0.2, 0.25) is 0 Å². The van der Waals surface area contributed by atoms with Crippen molar-refractivity contribution < 1.29 is 18.8 Å². The van der Waals surface area contributed by atoms with Gasteiger partial charge in [0.1, 0.15) is 12.7 Å². The van der Waals surface area contributed by atoms with Gasteiger partial charge in [-0.15, -0.1) is 15.3 Å². The summed E-state index contributed by atoms with van der Waals surface area (Å²) >= 11 is 0. The molecule has 11 nitrogen and oxygen atoms in total. The number of aromatic nitrogens is 6. The van der Waals surface area contributed by atoms with Crippen molar-refractivity contribution in [2.24, 2.45) is 0 Å². The topological polar surface area (TPSA) is 130 Å². The predicted molar refractivity (Wildman–Crippen MR) is 130 cm³/mol. The number of nitrogens with zero attached hydrogens (tertiary/aromatic N) is 6. The first-order valence-corrected chi connectivity index (χ1v) is 11.5. The van der Waals surface area contributed by atoms with E-state index in [1.165, 1.54) is 0 Å². The number of pyridine rings is 1. The number of fused-ring (bicyclic) bond motifs is 3. The maximum atomic E-state index is 12.2. The maximum absolute atomic E-state index is 12.2. The van der Waals surface area contributed by atoms with E-state index in [2.05, 4.69) is 25.7 Å². The van der Waals surface area contributed by atoms with Crippen molar-refractivity contribution in [3.63, 3.8) is 0 Å². The SMILES string of the molecule is COCc1cc(-c2nnc3c4ccccc4c(O[C@@H](C)c4ccc(C(=O)NC(C)C)cn4)nn23)no1. The van der Waals surface area contributed by atoms with E-state index in [-0.39, 0.29) is 18.6 Å². The van der Waals surface area contributed by atoms with Crippen molar-refractivity contribution in [2.45, 2.75) is 39.5 Å². The predicted octanol–water partition coefficient (Wildman–Crippen LogP) is 3.75. The van der Waals surface area contributed by atoms with E-state index in [0.717, 1.165) is 10.8 Å². The van der Waals surface area contributed by atoms with Crippen molar-refractivity contribution in [3.05, 3.63) is 65.7 Å². The molecule has 0 bridgehead atoms. The molecule has 1 N–H and O–H groups in total. The number of methoxy groups -OCH3 is 1. The van der Waals surface area contributed by atoms with E-state index >= 15 is 0 Å². The molecule has 4 heterocycles. The molecule has 0 radical (unpaired) electrons. The Morgan fingerprint density at radius 2 is 1.92 bits per heavy atom. The van der Waals surface area contributed by atoms with Crippen molar-refractivity contribution in [3.8, 4) is 17.4 Å². The molecule has 11 heteroatoms. The minimum atomic E-state index is -0.444. The number of nitrogens with one attached hydrogen (secondary N) is 1. The highest BCUT2D eigenvalue weighted by Gasteiger charge is 2.21. The zero-order valence-electron chi connectivity index (χ0n) is 20.3. The van der Waals surface area contributed by atoms with Crippen LogP contribution in [0.3, 0.4) is 0 Å². The number of amides is 1. The summed E-state index contributed by atoms with van der Waals surface area (Å²) in [6.07, 6.45) is 1.10. The molecule has 4 aromatic heterocycles. The average Bonchev–Trinajstić information content (AvgIpc) is 3.51. The number of carbonyl (C=O) groups excluding carboxylic acids is 1. The molecule has 0 aliphatic carbocycles. The van der Waals surface area contributed by atoms with Crippen LogP contribution in [0.25, 0.3) is 27.9 Å². The Labute approximate surface area is 206 Å². The summed E-state index contributed by atoms with van der Waals surface area (Å²) in [6, 6.07) is 13.0. The second-order valence-electron chi connectivity index (χ2n) is 8.58. The van der Waals surface area contributed by atoms with E-state index in [1.807, 2.05) is 45.0 Å². The monoisotopic (exact) mass is 487 g/mol. The third-order valence-electron chi connectivity index (χ3n) is 5.48. The molecule has 36 heavy (non-hydrogen) atoms. The van der Waals surface area contributed by atoms with Gasteiger partial charge in [0.05, 0.1) is 11.3 Å². The number of rotatable bonds is 8. The Balaban J connectivity index is 1.49.